The number of hydrogen-bond donors (Lipinski definition) is 2. The molecule has 0 saturated carbocycles. The van der Waals surface area contributed by atoms with Crippen LogP contribution in [0.1, 0.15) is 64.5 Å². The monoisotopic (exact) mass is 607 g/mol. The number of esters is 1. The standard InChI is InChI=1S/C34H45N3O7/c1-4-5-11-18-36-19-12-17-34-29(31(40)37(30(34)32(36)41)24(21-38)22(2)3)28-25(44-34)15-9-10-16-27(39)35-20-26(43-33(28)42)23-13-7-6-8-14-23/h6-9,12-15,17,22,24-26,28-30,38H,4-5,10-11,16,18-21H2,1-3H3,(H,35,39)/b15-9-/t24-,25+,26-,28-,29-,30+,34-/m0/s1. The summed E-state index contributed by atoms with van der Waals surface area (Å²) >= 11 is 0. The topological polar surface area (TPSA) is 125 Å². The van der Waals surface area contributed by atoms with E-state index in [9.17, 15) is 24.3 Å². The van der Waals surface area contributed by atoms with Crippen LogP contribution in [0.2, 0.25) is 0 Å². The van der Waals surface area contributed by atoms with Gasteiger partial charge in [0.25, 0.3) is 0 Å². The van der Waals surface area contributed by atoms with E-state index in [1.807, 2.05) is 50.3 Å². The first kappa shape index (κ1) is 31.9. The number of rotatable bonds is 8. The Kier molecular flexibility index (Phi) is 9.90. The fourth-order valence-electron chi connectivity index (χ4n) is 7.12. The van der Waals surface area contributed by atoms with Crippen LogP contribution in [0.25, 0.3) is 0 Å². The molecule has 4 aliphatic rings. The number of amides is 3. The van der Waals surface area contributed by atoms with Crippen LogP contribution in [0.5, 0.6) is 0 Å². The van der Waals surface area contributed by atoms with Gasteiger partial charge in [-0.05, 0) is 24.3 Å². The highest BCUT2D eigenvalue weighted by molar-refractivity contribution is 5.99. The molecule has 0 aliphatic carbocycles. The van der Waals surface area contributed by atoms with Crippen LogP contribution in [-0.4, -0.2) is 88.6 Å². The zero-order valence-electron chi connectivity index (χ0n) is 25.9. The number of carbonyl (C=O) groups excluding carboxylic acids is 4. The molecule has 1 spiro atoms. The van der Waals surface area contributed by atoms with E-state index in [1.54, 1.807) is 23.1 Å². The summed E-state index contributed by atoms with van der Waals surface area (Å²) in [7, 11) is 0. The number of benzene rings is 1. The molecular weight excluding hydrogens is 562 g/mol. The number of ether oxygens (including phenoxy) is 2. The maximum absolute atomic E-state index is 14.6. The SMILES string of the molecule is CCCCCN1CC=C[C@]23O[C@@H]4/C=C\CCC(=O)NC[C@@H](c5ccccc5)OC(=O)[C@@H]4[C@H]2C(=O)N([C@@H](CO)C(C)C)[C@@H]3C1=O. The number of fused-ring (bicyclic) bond motifs is 2. The number of aliphatic hydroxyl groups excluding tert-OH is 1. The highest BCUT2D eigenvalue weighted by atomic mass is 16.6. The number of likely N-dealkylation sites (tertiary alicyclic amines) is 1. The number of hydrogen-bond acceptors (Lipinski definition) is 7. The van der Waals surface area contributed by atoms with Crippen molar-refractivity contribution in [1.29, 1.82) is 0 Å². The quantitative estimate of drug-likeness (QED) is 0.265. The summed E-state index contributed by atoms with van der Waals surface area (Å²) in [6.45, 7) is 6.56. The predicted molar refractivity (Wildman–Crippen MR) is 163 cm³/mol. The third kappa shape index (κ3) is 5.94. The predicted octanol–water partition coefficient (Wildman–Crippen LogP) is 2.92. The molecule has 4 aliphatic heterocycles. The highest BCUT2D eigenvalue weighted by Gasteiger charge is 2.72. The van der Waals surface area contributed by atoms with Crippen LogP contribution in [0.4, 0.5) is 0 Å². The molecule has 7 atom stereocenters. The van der Waals surface area contributed by atoms with Gasteiger partial charge in [-0.3, -0.25) is 19.2 Å². The number of nitrogens with one attached hydrogen (secondary N) is 1. The average Bonchev–Trinajstić information content (AvgIpc) is 3.40. The number of carbonyl (C=O) groups is 4. The Morgan fingerprint density at radius 2 is 1.84 bits per heavy atom. The molecule has 238 valence electrons. The van der Waals surface area contributed by atoms with Gasteiger partial charge in [-0.25, -0.2) is 0 Å². The summed E-state index contributed by atoms with van der Waals surface area (Å²) in [5.41, 5.74) is -0.714. The lowest BCUT2D eigenvalue weighted by atomic mass is 9.77. The van der Waals surface area contributed by atoms with Crippen molar-refractivity contribution in [2.24, 2.45) is 17.8 Å². The number of allylic oxidation sites excluding steroid dienone is 1. The number of aliphatic hydroxyl groups is 1. The van der Waals surface area contributed by atoms with Crippen LogP contribution in [0.3, 0.4) is 0 Å². The van der Waals surface area contributed by atoms with Gasteiger partial charge in [-0.2, -0.15) is 0 Å². The van der Waals surface area contributed by atoms with Crippen molar-refractivity contribution in [2.75, 3.05) is 26.2 Å². The largest absolute Gasteiger partial charge is 0.455 e. The number of cyclic esters (lactones) is 1. The second-order valence-corrected chi connectivity index (χ2v) is 12.6. The van der Waals surface area contributed by atoms with Crippen LogP contribution in [0.15, 0.2) is 54.6 Å². The first-order chi connectivity index (χ1) is 21.2. The Hall–Kier alpha value is -3.50. The fraction of sp³-hybridized carbons (Fsp3) is 0.588. The summed E-state index contributed by atoms with van der Waals surface area (Å²) in [6.07, 6.45) is 9.03. The Morgan fingerprint density at radius 1 is 1.07 bits per heavy atom. The average molecular weight is 608 g/mol. The van der Waals surface area contributed by atoms with Gasteiger partial charge in [-0.15, -0.1) is 0 Å². The summed E-state index contributed by atoms with van der Waals surface area (Å²) in [5.74, 6) is -3.66. The van der Waals surface area contributed by atoms with Gasteiger partial charge in [-0.1, -0.05) is 88.2 Å². The van der Waals surface area contributed by atoms with Gasteiger partial charge in [0.15, 0.2) is 0 Å². The lowest BCUT2D eigenvalue weighted by Crippen LogP contribution is -2.59. The fourth-order valence-corrected chi connectivity index (χ4v) is 7.12. The lowest BCUT2D eigenvalue weighted by molar-refractivity contribution is -0.161. The zero-order valence-corrected chi connectivity index (χ0v) is 25.9. The van der Waals surface area contributed by atoms with Crippen LogP contribution < -0.4 is 5.32 Å². The van der Waals surface area contributed by atoms with Crippen molar-refractivity contribution in [3.8, 4) is 0 Å². The van der Waals surface area contributed by atoms with Crippen molar-refractivity contribution in [1.82, 2.24) is 15.1 Å². The smallest absolute Gasteiger partial charge is 0.313 e. The van der Waals surface area contributed by atoms with Crippen LogP contribution in [0, 0.1) is 17.8 Å². The van der Waals surface area contributed by atoms with Crippen LogP contribution in [-0.2, 0) is 28.7 Å². The molecule has 0 bridgehead atoms. The first-order valence-corrected chi connectivity index (χ1v) is 16.0. The van der Waals surface area contributed by atoms with E-state index in [4.69, 9.17) is 9.47 Å². The molecule has 0 unspecified atom stereocenters. The Balaban J connectivity index is 1.59. The van der Waals surface area contributed by atoms with E-state index in [1.165, 1.54) is 4.90 Å². The van der Waals surface area contributed by atoms with Gasteiger partial charge in [0.05, 0.1) is 31.2 Å². The molecule has 4 heterocycles. The van der Waals surface area contributed by atoms with Crippen molar-refractivity contribution < 1.29 is 33.8 Å². The molecule has 2 saturated heterocycles. The minimum atomic E-state index is -1.43. The Morgan fingerprint density at radius 3 is 2.55 bits per heavy atom. The maximum atomic E-state index is 14.6. The molecule has 2 N–H and O–H groups in total. The normalized spacial score (nSPS) is 32.2. The highest BCUT2D eigenvalue weighted by Crippen LogP contribution is 2.54. The van der Waals surface area contributed by atoms with Gasteiger partial charge in [0, 0.05) is 19.5 Å². The van der Waals surface area contributed by atoms with Crippen molar-refractivity contribution in [3.05, 3.63) is 60.2 Å². The van der Waals surface area contributed by atoms with Gasteiger partial charge in [0.2, 0.25) is 17.7 Å². The van der Waals surface area contributed by atoms with Gasteiger partial charge in [0.1, 0.15) is 23.7 Å². The summed E-state index contributed by atoms with van der Waals surface area (Å²) < 4.78 is 12.9. The molecule has 1 aromatic carbocycles. The first-order valence-electron chi connectivity index (χ1n) is 16.0. The number of unbranched alkanes of at least 4 members (excludes halogenated alkanes) is 2. The molecule has 1 aromatic rings. The van der Waals surface area contributed by atoms with E-state index in [2.05, 4.69) is 12.2 Å². The second kappa shape index (κ2) is 13.6. The summed E-state index contributed by atoms with van der Waals surface area (Å²) in [5, 5.41) is 13.3. The minimum absolute atomic E-state index is 0.0834. The van der Waals surface area contributed by atoms with E-state index in [0.717, 1.165) is 19.3 Å². The molecule has 2 fully saturated rings. The van der Waals surface area contributed by atoms with E-state index >= 15 is 0 Å². The third-order valence-corrected chi connectivity index (χ3v) is 9.41. The van der Waals surface area contributed by atoms with E-state index < -0.39 is 53.6 Å². The lowest BCUT2D eigenvalue weighted by Gasteiger charge is -2.39. The van der Waals surface area contributed by atoms with E-state index in [-0.39, 0.29) is 37.3 Å². The van der Waals surface area contributed by atoms with Gasteiger partial charge >= 0.3 is 5.97 Å². The third-order valence-electron chi connectivity index (χ3n) is 9.41. The maximum Gasteiger partial charge on any atom is 0.313 e. The zero-order chi connectivity index (χ0) is 31.4. The Bertz CT molecular complexity index is 1280. The number of nitrogens with zero attached hydrogens (tertiary/aromatic N) is 2. The molecule has 3 amide bonds. The molecule has 10 nitrogen and oxygen atoms in total. The van der Waals surface area contributed by atoms with Crippen molar-refractivity contribution in [3.63, 3.8) is 0 Å². The van der Waals surface area contributed by atoms with Crippen LogP contribution >= 0.6 is 0 Å². The second-order valence-electron chi connectivity index (χ2n) is 12.6. The molecule has 0 aromatic heterocycles. The Labute approximate surface area is 259 Å². The van der Waals surface area contributed by atoms with Gasteiger partial charge < -0.3 is 29.7 Å². The molecule has 44 heavy (non-hydrogen) atoms. The van der Waals surface area contributed by atoms with E-state index in [0.29, 0.717) is 25.1 Å². The van der Waals surface area contributed by atoms with Crippen molar-refractivity contribution in [2.45, 2.75) is 82.8 Å². The minimum Gasteiger partial charge on any atom is -0.455 e. The molecule has 10 heteroatoms. The summed E-state index contributed by atoms with van der Waals surface area (Å²) in [6, 6.07) is 7.48. The van der Waals surface area contributed by atoms with Crippen molar-refractivity contribution >= 4 is 23.7 Å². The molecule has 0 radical (unpaired) electrons. The molecular formula is C34H45N3O7. The molecule has 5 rings (SSSR count). The summed E-state index contributed by atoms with van der Waals surface area (Å²) in [4.78, 5) is 59.0.